The van der Waals surface area contributed by atoms with E-state index in [4.69, 9.17) is 10.5 Å². The molecule has 0 saturated heterocycles. The number of anilines is 1. The Morgan fingerprint density at radius 3 is 2.80 bits per heavy atom. The summed E-state index contributed by atoms with van der Waals surface area (Å²) in [6, 6.07) is 2.09. The number of nitrogens with one attached hydrogen (secondary N) is 1. The highest BCUT2D eigenvalue weighted by atomic mass is 79.9. The summed E-state index contributed by atoms with van der Waals surface area (Å²) in [4.78, 5) is -0.482. The van der Waals surface area contributed by atoms with Gasteiger partial charge in [0, 0.05) is 16.7 Å². The predicted molar refractivity (Wildman–Crippen MR) is 79.3 cm³/mol. The number of ether oxygens (including phenoxy) is 1. The lowest BCUT2D eigenvalue weighted by molar-refractivity contribution is 0.144. The second kappa shape index (κ2) is 7.72. The van der Waals surface area contributed by atoms with Gasteiger partial charge in [-0.25, -0.2) is 17.5 Å². The lowest BCUT2D eigenvalue weighted by Gasteiger charge is -2.09. The van der Waals surface area contributed by atoms with Crippen LogP contribution in [0.1, 0.15) is 6.42 Å². The summed E-state index contributed by atoms with van der Waals surface area (Å²) in [5, 5.41) is 0. The van der Waals surface area contributed by atoms with Crippen LogP contribution in [-0.4, -0.2) is 28.2 Å². The third-order valence-corrected chi connectivity index (χ3v) is 4.51. The highest BCUT2D eigenvalue weighted by Gasteiger charge is 2.20. The molecule has 0 radical (unpaired) electrons. The zero-order chi connectivity index (χ0) is 15.2. The summed E-state index contributed by atoms with van der Waals surface area (Å²) in [6.45, 7) is 4.24. The molecule has 0 aliphatic carbocycles. The van der Waals surface area contributed by atoms with Gasteiger partial charge in [-0.05, 0) is 34.5 Å². The molecule has 0 amide bonds. The molecule has 0 bridgehead atoms. The molecule has 0 heterocycles. The topological polar surface area (TPSA) is 81.4 Å². The number of hydrogen-bond donors (Lipinski definition) is 2. The summed E-state index contributed by atoms with van der Waals surface area (Å²) in [5.41, 5.74) is 5.70. The second-order valence-corrected chi connectivity index (χ2v) is 6.48. The molecule has 1 aromatic rings. The summed E-state index contributed by atoms with van der Waals surface area (Å²) in [6.07, 6.45) is 2.38. The molecule has 1 aromatic carbocycles. The van der Waals surface area contributed by atoms with Gasteiger partial charge in [0.1, 0.15) is 10.7 Å². The van der Waals surface area contributed by atoms with E-state index in [2.05, 4.69) is 27.2 Å². The van der Waals surface area contributed by atoms with Crippen LogP contribution >= 0.6 is 15.9 Å². The van der Waals surface area contributed by atoms with Crippen molar-refractivity contribution in [3.8, 4) is 0 Å². The lowest BCUT2D eigenvalue weighted by Crippen LogP contribution is -2.28. The fourth-order valence-corrected chi connectivity index (χ4v) is 2.77. The third-order valence-electron chi connectivity index (χ3n) is 2.35. The Morgan fingerprint density at radius 2 is 2.15 bits per heavy atom. The van der Waals surface area contributed by atoms with E-state index in [1.54, 1.807) is 6.08 Å². The molecule has 8 heteroatoms. The quantitative estimate of drug-likeness (QED) is 0.419. The van der Waals surface area contributed by atoms with E-state index in [1.165, 1.54) is 0 Å². The third kappa shape index (κ3) is 4.86. The van der Waals surface area contributed by atoms with Gasteiger partial charge in [-0.1, -0.05) is 6.08 Å². The van der Waals surface area contributed by atoms with Crippen LogP contribution in [0.2, 0.25) is 0 Å². The van der Waals surface area contributed by atoms with Crippen molar-refractivity contribution in [2.75, 3.05) is 25.5 Å². The molecular weight excluding hydrogens is 351 g/mol. The lowest BCUT2D eigenvalue weighted by atomic mass is 10.3. The van der Waals surface area contributed by atoms with E-state index in [9.17, 15) is 12.8 Å². The van der Waals surface area contributed by atoms with E-state index in [0.717, 1.165) is 12.1 Å². The minimum absolute atomic E-state index is 0.0505. The minimum Gasteiger partial charge on any atom is -0.398 e. The number of hydrogen-bond acceptors (Lipinski definition) is 4. The van der Waals surface area contributed by atoms with Crippen molar-refractivity contribution in [1.29, 1.82) is 0 Å². The largest absolute Gasteiger partial charge is 0.398 e. The smallest absolute Gasteiger partial charge is 0.243 e. The first-order valence-electron chi connectivity index (χ1n) is 5.81. The van der Waals surface area contributed by atoms with Gasteiger partial charge in [-0.15, -0.1) is 6.58 Å². The Labute approximate surface area is 126 Å². The molecule has 0 aliphatic rings. The van der Waals surface area contributed by atoms with Crippen LogP contribution in [0.15, 0.2) is 34.2 Å². The van der Waals surface area contributed by atoms with Crippen molar-refractivity contribution in [2.45, 2.75) is 11.3 Å². The maximum atomic E-state index is 13.7. The van der Waals surface area contributed by atoms with Gasteiger partial charge < -0.3 is 10.5 Å². The number of nitrogens with two attached hydrogens (primary N) is 1. The molecule has 0 unspecified atom stereocenters. The summed E-state index contributed by atoms with van der Waals surface area (Å²) in [7, 11) is -3.95. The monoisotopic (exact) mass is 366 g/mol. The van der Waals surface area contributed by atoms with Gasteiger partial charge >= 0.3 is 0 Å². The summed E-state index contributed by atoms with van der Waals surface area (Å²) in [5.74, 6) is -0.869. The Hall–Kier alpha value is -0.960. The number of benzene rings is 1. The summed E-state index contributed by atoms with van der Waals surface area (Å²) < 4.78 is 45.2. The molecular formula is C12H16BrFN2O3S. The first-order chi connectivity index (χ1) is 9.38. The van der Waals surface area contributed by atoms with Gasteiger partial charge in [0.05, 0.1) is 13.2 Å². The first-order valence-corrected chi connectivity index (χ1v) is 8.09. The molecule has 0 fully saturated rings. The molecule has 1 rings (SSSR count). The maximum absolute atomic E-state index is 13.7. The SMILES string of the molecule is C=CCCOCCNS(=O)(=O)c1cc(N)c(Br)cc1F. The van der Waals surface area contributed by atoms with Gasteiger partial charge in [0.15, 0.2) is 0 Å². The van der Waals surface area contributed by atoms with Crippen LogP contribution < -0.4 is 10.5 Å². The highest BCUT2D eigenvalue weighted by Crippen LogP contribution is 2.25. The van der Waals surface area contributed by atoms with Crippen LogP contribution in [0.5, 0.6) is 0 Å². The molecule has 3 N–H and O–H groups in total. The van der Waals surface area contributed by atoms with Crippen molar-refractivity contribution < 1.29 is 17.5 Å². The summed E-state index contributed by atoms with van der Waals surface area (Å²) >= 11 is 3.03. The van der Waals surface area contributed by atoms with Crippen LogP contribution in [0.4, 0.5) is 10.1 Å². The number of halogens is 2. The molecule has 0 atom stereocenters. The van der Waals surface area contributed by atoms with Crippen LogP contribution in [0.3, 0.4) is 0 Å². The van der Waals surface area contributed by atoms with Crippen molar-refractivity contribution >= 4 is 31.6 Å². The Morgan fingerprint density at radius 1 is 1.45 bits per heavy atom. The van der Waals surface area contributed by atoms with Gasteiger partial charge in [-0.3, -0.25) is 0 Å². The molecule has 0 aromatic heterocycles. The second-order valence-electron chi connectivity index (χ2n) is 3.89. The predicted octanol–water partition coefficient (Wildman–Crippen LogP) is 2.04. The van der Waals surface area contributed by atoms with E-state index in [1.807, 2.05) is 0 Å². The van der Waals surface area contributed by atoms with Gasteiger partial charge in [0.25, 0.3) is 0 Å². The fraction of sp³-hybridized carbons (Fsp3) is 0.333. The highest BCUT2D eigenvalue weighted by molar-refractivity contribution is 9.10. The van der Waals surface area contributed by atoms with E-state index >= 15 is 0 Å². The number of nitrogen functional groups attached to an aromatic ring is 1. The van der Waals surface area contributed by atoms with Crippen molar-refractivity contribution in [2.24, 2.45) is 0 Å². The Bertz CT molecular complexity index is 578. The molecule has 20 heavy (non-hydrogen) atoms. The number of sulfonamides is 1. The standard InChI is InChI=1S/C12H16BrFN2O3S/c1-2-3-5-19-6-4-16-20(17,18)12-8-11(15)9(13)7-10(12)14/h2,7-8,16H,1,3-6,15H2. The molecule has 0 spiro atoms. The van der Waals surface area contributed by atoms with Crippen LogP contribution in [0, 0.1) is 5.82 Å². The average Bonchev–Trinajstić information content (AvgIpc) is 2.37. The molecule has 112 valence electrons. The molecule has 5 nitrogen and oxygen atoms in total. The Kier molecular flexibility index (Phi) is 6.60. The van der Waals surface area contributed by atoms with Crippen molar-refractivity contribution in [1.82, 2.24) is 4.72 Å². The van der Waals surface area contributed by atoms with Crippen LogP contribution in [-0.2, 0) is 14.8 Å². The average molecular weight is 367 g/mol. The van der Waals surface area contributed by atoms with Gasteiger partial charge in [0.2, 0.25) is 10.0 Å². The van der Waals surface area contributed by atoms with E-state index in [0.29, 0.717) is 17.5 Å². The maximum Gasteiger partial charge on any atom is 0.243 e. The van der Waals surface area contributed by atoms with Crippen LogP contribution in [0.25, 0.3) is 0 Å². The van der Waals surface area contributed by atoms with Gasteiger partial charge in [-0.2, -0.15) is 0 Å². The normalized spacial score (nSPS) is 11.5. The van der Waals surface area contributed by atoms with Crippen molar-refractivity contribution in [3.05, 3.63) is 35.1 Å². The first kappa shape index (κ1) is 17.1. The molecule has 0 aliphatic heterocycles. The minimum atomic E-state index is -3.95. The zero-order valence-corrected chi connectivity index (χ0v) is 13.1. The fourth-order valence-electron chi connectivity index (χ4n) is 1.35. The molecule has 0 saturated carbocycles. The Balaban J connectivity index is 2.65. The zero-order valence-electron chi connectivity index (χ0n) is 10.7. The van der Waals surface area contributed by atoms with Crippen molar-refractivity contribution in [3.63, 3.8) is 0 Å². The van der Waals surface area contributed by atoms with E-state index < -0.39 is 20.7 Å². The van der Waals surface area contributed by atoms with E-state index in [-0.39, 0.29) is 18.8 Å². The number of rotatable bonds is 8.